The van der Waals surface area contributed by atoms with E-state index in [9.17, 15) is 0 Å². The van der Waals surface area contributed by atoms with Gasteiger partial charge in [-0.1, -0.05) is 48.0 Å². The van der Waals surface area contributed by atoms with Gasteiger partial charge in [-0.2, -0.15) is 0 Å². The Morgan fingerprint density at radius 1 is 0.800 bits per heavy atom. The average Bonchev–Trinajstić information content (AvgIpc) is 2.35. The maximum absolute atomic E-state index is 5.93. The van der Waals surface area contributed by atoms with Crippen molar-refractivity contribution in [2.45, 2.75) is 73.3 Å². The van der Waals surface area contributed by atoms with Gasteiger partial charge in [0.15, 0.2) is 0 Å². The first-order valence-electron chi connectivity index (χ1n) is 8.31. The molecule has 0 aromatic carbocycles. The van der Waals surface area contributed by atoms with Crippen LogP contribution in [0, 0.1) is 23.2 Å². The molecule has 0 N–H and O–H groups in total. The summed E-state index contributed by atoms with van der Waals surface area (Å²) in [5, 5.41) is 0. The van der Waals surface area contributed by atoms with Crippen LogP contribution in [0.15, 0.2) is 0 Å². The van der Waals surface area contributed by atoms with Crippen LogP contribution >= 0.6 is 0 Å². The molecule has 122 valence electrons. The second-order valence-electron chi connectivity index (χ2n) is 7.45. The van der Waals surface area contributed by atoms with Gasteiger partial charge in [0.2, 0.25) is 0 Å². The molecule has 2 heteroatoms. The number of hydrogen-bond donors (Lipinski definition) is 0. The highest BCUT2D eigenvalue weighted by molar-refractivity contribution is 4.90. The lowest BCUT2D eigenvalue weighted by atomic mass is 9.67. The molecule has 0 spiro atoms. The Hall–Kier alpha value is -0.0800. The Labute approximate surface area is 127 Å². The van der Waals surface area contributed by atoms with E-state index in [-0.39, 0.29) is 5.41 Å². The van der Waals surface area contributed by atoms with E-state index in [0.717, 1.165) is 24.9 Å². The van der Waals surface area contributed by atoms with Crippen LogP contribution in [-0.4, -0.2) is 26.9 Å². The van der Waals surface area contributed by atoms with Crippen molar-refractivity contribution >= 4 is 0 Å². The predicted molar refractivity (Wildman–Crippen MR) is 88.1 cm³/mol. The maximum Gasteiger partial charge on any atom is 0.0652 e. The van der Waals surface area contributed by atoms with Crippen molar-refractivity contribution in [1.82, 2.24) is 0 Å². The van der Waals surface area contributed by atoms with E-state index in [1.165, 1.54) is 19.3 Å². The zero-order chi connectivity index (χ0) is 15.8. The summed E-state index contributed by atoms with van der Waals surface area (Å²) in [5.41, 5.74) is 0.142. The summed E-state index contributed by atoms with van der Waals surface area (Å²) >= 11 is 0. The highest BCUT2D eigenvalue weighted by Crippen LogP contribution is 2.41. The topological polar surface area (TPSA) is 18.5 Å². The number of rotatable bonds is 11. The van der Waals surface area contributed by atoms with Crippen molar-refractivity contribution in [3.63, 3.8) is 0 Å². The van der Waals surface area contributed by atoms with Gasteiger partial charge in [0, 0.05) is 19.6 Å². The maximum atomic E-state index is 5.93. The van der Waals surface area contributed by atoms with Crippen molar-refractivity contribution in [1.29, 1.82) is 0 Å². The second kappa shape index (κ2) is 9.78. The third-order valence-corrected chi connectivity index (χ3v) is 4.68. The Morgan fingerprint density at radius 2 is 1.35 bits per heavy atom. The van der Waals surface area contributed by atoms with Crippen LogP contribution < -0.4 is 0 Å². The largest absolute Gasteiger partial charge is 0.384 e. The van der Waals surface area contributed by atoms with Gasteiger partial charge in [0.05, 0.1) is 12.7 Å². The van der Waals surface area contributed by atoms with Crippen LogP contribution in [0.25, 0.3) is 0 Å². The summed E-state index contributed by atoms with van der Waals surface area (Å²) in [6.45, 7) is 14.6. The van der Waals surface area contributed by atoms with Crippen molar-refractivity contribution in [2.24, 2.45) is 23.2 Å². The predicted octanol–water partition coefficient (Wildman–Crippen LogP) is 5.16. The molecular formula is C18H38O2. The zero-order valence-corrected chi connectivity index (χ0v) is 15.2. The Kier molecular flexibility index (Phi) is 9.74. The van der Waals surface area contributed by atoms with Crippen molar-refractivity contribution in [2.75, 3.05) is 20.8 Å². The molecule has 0 radical (unpaired) electrons. The lowest BCUT2D eigenvalue weighted by molar-refractivity contribution is -0.0935. The molecule has 0 aromatic rings. The quantitative estimate of drug-likeness (QED) is 0.522. The van der Waals surface area contributed by atoms with Crippen molar-refractivity contribution in [3.8, 4) is 0 Å². The van der Waals surface area contributed by atoms with Crippen LogP contribution in [0.3, 0.4) is 0 Å². The van der Waals surface area contributed by atoms with E-state index in [1.54, 1.807) is 0 Å². The van der Waals surface area contributed by atoms with Crippen LogP contribution in [0.5, 0.6) is 0 Å². The third kappa shape index (κ3) is 6.13. The summed E-state index contributed by atoms with van der Waals surface area (Å²) in [6, 6.07) is 0. The van der Waals surface area contributed by atoms with E-state index < -0.39 is 0 Å². The zero-order valence-electron chi connectivity index (χ0n) is 15.2. The van der Waals surface area contributed by atoms with Gasteiger partial charge in [0.25, 0.3) is 0 Å². The first kappa shape index (κ1) is 19.9. The summed E-state index contributed by atoms with van der Waals surface area (Å²) in [5.74, 6) is 2.02. The van der Waals surface area contributed by atoms with Gasteiger partial charge in [0.1, 0.15) is 0 Å². The van der Waals surface area contributed by atoms with Crippen molar-refractivity contribution < 1.29 is 9.47 Å². The molecule has 0 aliphatic rings. The van der Waals surface area contributed by atoms with E-state index in [1.807, 2.05) is 14.2 Å². The van der Waals surface area contributed by atoms with Gasteiger partial charge in [-0.25, -0.2) is 0 Å². The van der Waals surface area contributed by atoms with E-state index in [2.05, 4.69) is 41.5 Å². The normalized spacial score (nSPS) is 16.9. The molecule has 0 rings (SSSR count). The van der Waals surface area contributed by atoms with E-state index in [4.69, 9.17) is 9.47 Å². The van der Waals surface area contributed by atoms with Gasteiger partial charge in [-0.15, -0.1) is 0 Å². The fourth-order valence-electron chi connectivity index (χ4n) is 3.10. The molecule has 0 fully saturated rings. The summed E-state index contributed by atoms with van der Waals surface area (Å²) < 4.78 is 11.5. The molecule has 2 atom stereocenters. The lowest BCUT2D eigenvalue weighted by Gasteiger charge is -2.44. The van der Waals surface area contributed by atoms with Crippen molar-refractivity contribution in [3.05, 3.63) is 0 Å². The second-order valence-corrected chi connectivity index (χ2v) is 7.45. The van der Waals surface area contributed by atoms with Crippen LogP contribution in [0.4, 0.5) is 0 Å². The van der Waals surface area contributed by atoms with Crippen LogP contribution in [-0.2, 0) is 9.47 Å². The van der Waals surface area contributed by atoms with Gasteiger partial charge in [-0.05, 0) is 37.0 Å². The number of hydrogen-bond acceptors (Lipinski definition) is 2. The molecule has 2 nitrogen and oxygen atoms in total. The van der Waals surface area contributed by atoms with Crippen LogP contribution in [0.2, 0.25) is 0 Å². The number of ether oxygens (including phenoxy) is 2. The smallest absolute Gasteiger partial charge is 0.0652 e. The minimum absolute atomic E-state index is 0.142. The highest BCUT2D eigenvalue weighted by atomic mass is 16.5. The first-order valence-corrected chi connectivity index (χ1v) is 8.31. The Bertz CT molecular complexity index is 236. The third-order valence-electron chi connectivity index (χ3n) is 4.68. The number of methoxy groups -OCH3 is 2. The molecule has 0 aliphatic heterocycles. The first-order chi connectivity index (χ1) is 9.30. The molecule has 0 bridgehead atoms. The summed E-state index contributed by atoms with van der Waals surface area (Å²) in [4.78, 5) is 0. The molecule has 0 heterocycles. The fourth-order valence-corrected chi connectivity index (χ4v) is 3.10. The van der Waals surface area contributed by atoms with E-state index in [0.29, 0.717) is 12.0 Å². The summed E-state index contributed by atoms with van der Waals surface area (Å²) in [7, 11) is 3.69. The van der Waals surface area contributed by atoms with Gasteiger partial charge < -0.3 is 9.47 Å². The van der Waals surface area contributed by atoms with Gasteiger partial charge >= 0.3 is 0 Å². The lowest BCUT2D eigenvalue weighted by Crippen LogP contribution is -2.45. The SMILES string of the molecule is COCC(CCC(C)C)(C(C)C)C(CCC(C)C)OC. The molecule has 0 amide bonds. The molecule has 20 heavy (non-hydrogen) atoms. The Morgan fingerprint density at radius 3 is 1.70 bits per heavy atom. The fraction of sp³-hybridized carbons (Fsp3) is 1.00. The Balaban J connectivity index is 5.08. The molecule has 0 aromatic heterocycles. The standard InChI is InChI=1S/C18H38O2/c1-14(2)9-10-17(20-8)18(13-19-7,16(5)6)12-11-15(3)4/h14-17H,9-13H2,1-8H3. The molecular weight excluding hydrogens is 248 g/mol. The minimum atomic E-state index is 0.142. The highest BCUT2D eigenvalue weighted by Gasteiger charge is 2.41. The van der Waals surface area contributed by atoms with Gasteiger partial charge in [-0.3, -0.25) is 0 Å². The summed E-state index contributed by atoms with van der Waals surface area (Å²) in [6.07, 6.45) is 5.07. The van der Waals surface area contributed by atoms with Crippen LogP contribution in [0.1, 0.15) is 67.2 Å². The minimum Gasteiger partial charge on any atom is -0.384 e. The monoisotopic (exact) mass is 286 g/mol. The molecule has 0 saturated carbocycles. The van der Waals surface area contributed by atoms with E-state index >= 15 is 0 Å². The average molecular weight is 286 g/mol. The molecule has 2 unspecified atom stereocenters. The molecule has 0 saturated heterocycles. The molecule has 0 aliphatic carbocycles.